The Morgan fingerprint density at radius 2 is 1.87 bits per heavy atom. The Bertz CT molecular complexity index is 1120. The van der Waals surface area contributed by atoms with Gasteiger partial charge >= 0.3 is 0 Å². The van der Waals surface area contributed by atoms with Crippen molar-refractivity contribution in [3.63, 3.8) is 0 Å². The molecular formula is C22H26N4O3S. The van der Waals surface area contributed by atoms with Crippen LogP contribution >= 0.6 is 0 Å². The highest BCUT2D eigenvalue weighted by Crippen LogP contribution is 2.12. The summed E-state index contributed by atoms with van der Waals surface area (Å²) in [5.41, 5.74) is 9.89. The molecule has 0 atom stereocenters. The van der Waals surface area contributed by atoms with E-state index in [2.05, 4.69) is 10.3 Å². The Morgan fingerprint density at radius 1 is 1.10 bits per heavy atom. The lowest BCUT2D eigenvalue weighted by Gasteiger charge is -2.07. The molecule has 0 fully saturated rings. The van der Waals surface area contributed by atoms with Crippen LogP contribution in [0.2, 0.25) is 0 Å². The summed E-state index contributed by atoms with van der Waals surface area (Å²) in [4.78, 5) is 5.56. The second-order valence-corrected chi connectivity index (χ2v) is 9.19. The van der Waals surface area contributed by atoms with Crippen molar-refractivity contribution in [3.8, 4) is 0 Å². The molecule has 0 saturated carbocycles. The zero-order valence-corrected chi connectivity index (χ0v) is 18.0. The average Bonchev–Trinajstić information content (AvgIpc) is 3.05. The molecule has 0 aliphatic carbocycles. The van der Waals surface area contributed by atoms with Gasteiger partial charge in [-0.3, -0.25) is 4.68 Å². The summed E-state index contributed by atoms with van der Waals surface area (Å²) in [6, 6.07) is 18.1. The van der Waals surface area contributed by atoms with E-state index >= 15 is 0 Å². The molecular weight excluding hydrogens is 400 g/mol. The largest absolute Gasteiger partial charge is 0.394 e. The number of oxime groups is 1. The highest BCUT2D eigenvalue weighted by molar-refractivity contribution is 7.91. The zero-order valence-electron chi connectivity index (χ0n) is 17.2. The second kappa shape index (κ2) is 9.58. The molecule has 3 aromatic rings. The molecule has 1 aromatic heterocycles. The quantitative estimate of drug-likeness (QED) is 0.245. The Morgan fingerprint density at radius 3 is 2.57 bits per heavy atom. The van der Waals surface area contributed by atoms with E-state index < -0.39 is 9.84 Å². The molecule has 0 aliphatic heterocycles. The van der Waals surface area contributed by atoms with Crippen LogP contribution in [0.3, 0.4) is 0 Å². The van der Waals surface area contributed by atoms with Crippen LogP contribution < -0.4 is 5.73 Å². The van der Waals surface area contributed by atoms with Crippen LogP contribution in [-0.2, 0) is 21.2 Å². The Hall–Kier alpha value is -3.13. The second-order valence-electron chi connectivity index (χ2n) is 7.08. The van der Waals surface area contributed by atoms with Gasteiger partial charge in [0.05, 0.1) is 22.9 Å². The van der Waals surface area contributed by atoms with Gasteiger partial charge in [-0.05, 0) is 50.1 Å². The number of nitrogens with zero attached hydrogens (tertiary/aromatic N) is 3. The van der Waals surface area contributed by atoms with E-state index in [1.807, 2.05) is 48.9 Å². The van der Waals surface area contributed by atoms with Crippen molar-refractivity contribution in [2.75, 3.05) is 12.4 Å². The molecule has 3 rings (SSSR count). The van der Waals surface area contributed by atoms with Crippen LogP contribution in [-0.4, -0.2) is 36.4 Å². The SMILES string of the molecule is Cc1cc(C)n(Cc2cccc(/C(N)=N/OCCCS(=O)(=O)c3ccccc3)c2)n1. The van der Waals surface area contributed by atoms with Gasteiger partial charge in [0.25, 0.3) is 0 Å². The van der Waals surface area contributed by atoms with E-state index in [-0.39, 0.29) is 18.2 Å². The number of benzene rings is 2. The molecule has 0 bridgehead atoms. The summed E-state index contributed by atoms with van der Waals surface area (Å²) in [6.45, 7) is 4.79. The van der Waals surface area contributed by atoms with Crippen molar-refractivity contribution < 1.29 is 13.3 Å². The first kappa shape index (κ1) is 21.6. The molecule has 8 heteroatoms. The van der Waals surface area contributed by atoms with Crippen molar-refractivity contribution in [1.29, 1.82) is 0 Å². The standard InChI is InChI=1S/C22H26N4O3S/c1-17-14-18(2)26(24-17)16-19-8-6-9-20(15-19)22(23)25-29-12-7-13-30(27,28)21-10-4-3-5-11-21/h3-6,8-11,14-15H,7,12-13,16H2,1-2H3,(H2,23,25). The number of sulfone groups is 1. The van der Waals surface area contributed by atoms with E-state index in [4.69, 9.17) is 10.6 Å². The number of aryl methyl sites for hydroxylation is 2. The maximum atomic E-state index is 12.2. The Balaban J connectivity index is 1.54. The zero-order chi connectivity index (χ0) is 21.6. The number of aromatic nitrogens is 2. The van der Waals surface area contributed by atoms with Gasteiger partial charge in [0.1, 0.15) is 6.61 Å². The Labute approximate surface area is 177 Å². The third-order valence-corrected chi connectivity index (χ3v) is 6.39. The first-order chi connectivity index (χ1) is 14.3. The summed E-state index contributed by atoms with van der Waals surface area (Å²) in [5.74, 6) is 0.237. The minimum Gasteiger partial charge on any atom is -0.394 e. The van der Waals surface area contributed by atoms with E-state index in [0.717, 1.165) is 22.5 Å². The highest BCUT2D eigenvalue weighted by Gasteiger charge is 2.13. The number of rotatable bonds is 9. The normalized spacial score (nSPS) is 12.1. The molecule has 0 saturated heterocycles. The van der Waals surface area contributed by atoms with E-state index in [0.29, 0.717) is 17.9 Å². The number of nitrogens with two attached hydrogens (primary N) is 1. The average molecular weight is 427 g/mol. The molecule has 30 heavy (non-hydrogen) atoms. The number of amidine groups is 1. The third-order valence-electron chi connectivity index (χ3n) is 4.57. The Kier molecular flexibility index (Phi) is 6.89. The topological polar surface area (TPSA) is 99.6 Å². The van der Waals surface area contributed by atoms with Gasteiger partial charge in [0.15, 0.2) is 15.7 Å². The molecule has 7 nitrogen and oxygen atoms in total. The van der Waals surface area contributed by atoms with Crippen LogP contribution in [0.4, 0.5) is 0 Å². The predicted molar refractivity (Wildman–Crippen MR) is 117 cm³/mol. The van der Waals surface area contributed by atoms with Gasteiger partial charge in [-0.15, -0.1) is 0 Å². The maximum Gasteiger partial charge on any atom is 0.178 e. The number of hydrogen-bond donors (Lipinski definition) is 1. The van der Waals surface area contributed by atoms with Crippen LogP contribution in [0, 0.1) is 13.8 Å². The summed E-state index contributed by atoms with van der Waals surface area (Å²) in [5, 5.41) is 8.41. The lowest BCUT2D eigenvalue weighted by Crippen LogP contribution is -2.15. The van der Waals surface area contributed by atoms with Gasteiger partial charge in [-0.1, -0.05) is 41.6 Å². The lowest BCUT2D eigenvalue weighted by molar-refractivity contribution is 0.145. The molecule has 158 valence electrons. The first-order valence-corrected chi connectivity index (χ1v) is 11.3. The fourth-order valence-electron chi connectivity index (χ4n) is 3.06. The highest BCUT2D eigenvalue weighted by atomic mass is 32.2. The van der Waals surface area contributed by atoms with E-state index in [9.17, 15) is 8.42 Å². The predicted octanol–water partition coefficient (Wildman–Crippen LogP) is 3.05. The van der Waals surface area contributed by atoms with Gasteiger partial charge in [0.2, 0.25) is 0 Å². The third kappa shape index (κ3) is 5.70. The smallest absolute Gasteiger partial charge is 0.178 e. The van der Waals surface area contributed by atoms with Crippen LogP contribution in [0.1, 0.15) is 28.9 Å². The number of hydrogen-bond acceptors (Lipinski definition) is 5. The van der Waals surface area contributed by atoms with Crippen molar-refractivity contribution >= 4 is 15.7 Å². The maximum absolute atomic E-state index is 12.2. The van der Waals surface area contributed by atoms with E-state index in [1.165, 1.54) is 0 Å². The molecule has 0 spiro atoms. The minimum absolute atomic E-state index is 0.00936. The van der Waals surface area contributed by atoms with Gasteiger partial charge in [-0.2, -0.15) is 5.10 Å². The molecule has 0 radical (unpaired) electrons. The van der Waals surface area contributed by atoms with Crippen molar-refractivity contribution in [1.82, 2.24) is 9.78 Å². The molecule has 0 unspecified atom stereocenters. The van der Waals surface area contributed by atoms with Crippen LogP contribution in [0.15, 0.2) is 70.7 Å². The van der Waals surface area contributed by atoms with Crippen molar-refractivity contribution in [2.45, 2.75) is 31.7 Å². The van der Waals surface area contributed by atoms with Crippen LogP contribution in [0.5, 0.6) is 0 Å². The summed E-state index contributed by atoms with van der Waals surface area (Å²) < 4.78 is 26.4. The summed E-state index contributed by atoms with van der Waals surface area (Å²) in [6.07, 6.45) is 0.325. The molecule has 0 amide bonds. The van der Waals surface area contributed by atoms with Crippen molar-refractivity contribution in [2.24, 2.45) is 10.9 Å². The monoisotopic (exact) mass is 426 g/mol. The first-order valence-electron chi connectivity index (χ1n) is 9.69. The van der Waals surface area contributed by atoms with Gasteiger partial charge in [-0.25, -0.2) is 8.42 Å². The fourth-order valence-corrected chi connectivity index (χ4v) is 4.37. The van der Waals surface area contributed by atoms with Gasteiger partial charge < -0.3 is 10.6 Å². The van der Waals surface area contributed by atoms with Crippen LogP contribution in [0.25, 0.3) is 0 Å². The molecule has 0 aliphatic rings. The van der Waals surface area contributed by atoms with E-state index in [1.54, 1.807) is 30.3 Å². The summed E-state index contributed by atoms with van der Waals surface area (Å²) >= 11 is 0. The van der Waals surface area contributed by atoms with Gasteiger partial charge in [0, 0.05) is 11.3 Å². The molecule has 2 N–H and O–H groups in total. The minimum atomic E-state index is -3.32. The summed E-state index contributed by atoms with van der Waals surface area (Å²) in [7, 11) is -3.32. The molecule has 1 heterocycles. The fraction of sp³-hybridized carbons (Fsp3) is 0.273. The molecule has 2 aromatic carbocycles. The lowest BCUT2D eigenvalue weighted by atomic mass is 10.1. The van der Waals surface area contributed by atoms with Crippen molar-refractivity contribution in [3.05, 3.63) is 83.2 Å².